The van der Waals surface area contributed by atoms with Crippen LogP contribution in [-0.2, 0) is 4.74 Å². The minimum atomic E-state index is -0.531. The Morgan fingerprint density at radius 3 is 2.64 bits per heavy atom. The monoisotopic (exact) mass is 500 g/mol. The van der Waals surface area contributed by atoms with Crippen molar-refractivity contribution >= 4 is 44.3 Å². The van der Waals surface area contributed by atoms with Gasteiger partial charge in [0.15, 0.2) is 16.9 Å². The number of nitrogens with zero attached hydrogens (tertiary/aromatic N) is 3. The van der Waals surface area contributed by atoms with Gasteiger partial charge in [-0.3, -0.25) is 4.79 Å². The smallest absolute Gasteiger partial charge is 0.358 e. The lowest BCUT2D eigenvalue weighted by atomic mass is 10.0. The average Bonchev–Trinajstić information content (AvgIpc) is 3.23. The molecule has 4 heterocycles. The Bertz CT molecular complexity index is 1710. The van der Waals surface area contributed by atoms with Crippen LogP contribution in [0.15, 0.2) is 51.7 Å². The lowest BCUT2D eigenvalue weighted by Gasteiger charge is -2.19. The fourth-order valence-electron chi connectivity index (χ4n) is 4.18. The van der Waals surface area contributed by atoms with Crippen LogP contribution in [0.25, 0.3) is 32.8 Å². The van der Waals surface area contributed by atoms with Gasteiger partial charge in [-0.05, 0) is 63.6 Å². The van der Waals surface area contributed by atoms with E-state index in [1.807, 2.05) is 58.0 Å². The van der Waals surface area contributed by atoms with Gasteiger partial charge in [0.2, 0.25) is 0 Å². The van der Waals surface area contributed by atoms with Crippen LogP contribution in [0.1, 0.15) is 45.3 Å². The van der Waals surface area contributed by atoms with Gasteiger partial charge in [0.25, 0.3) is 0 Å². The van der Waals surface area contributed by atoms with Crippen LogP contribution in [0.5, 0.6) is 0 Å². The van der Waals surface area contributed by atoms with Crippen LogP contribution in [-0.4, -0.2) is 28.0 Å². The van der Waals surface area contributed by atoms with Gasteiger partial charge in [0, 0.05) is 17.3 Å². The number of aryl methyl sites for hydroxylation is 3. The summed E-state index contributed by atoms with van der Waals surface area (Å²) in [5, 5.41) is 4.75. The van der Waals surface area contributed by atoms with Crippen molar-refractivity contribution in [3.8, 4) is 11.5 Å². The minimum absolute atomic E-state index is 0.155. The van der Waals surface area contributed by atoms with Crippen molar-refractivity contribution in [2.75, 3.05) is 12.4 Å². The summed E-state index contributed by atoms with van der Waals surface area (Å²) < 4.78 is 11.2. The van der Waals surface area contributed by atoms with Gasteiger partial charge >= 0.3 is 5.97 Å². The zero-order valence-corrected chi connectivity index (χ0v) is 21.3. The molecule has 0 aliphatic heterocycles. The summed E-state index contributed by atoms with van der Waals surface area (Å²) in [5.41, 5.74) is 4.80. The number of thiazole rings is 1. The van der Waals surface area contributed by atoms with Crippen molar-refractivity contribution < 1.29 is 13.9 Å². The third-order valence-electron chi connectivity index (χ3n) is 5.87. The average molecular weight is 501 g/mol. The van der Waals surface area contributed by atoms with Crippen molar-refractivity contribution in [3.05, 3.63) is 80.2 Å². The molecule has 0 unspecified atom stereocenters. The number of carbonyl (C=O) groups is 1. The number of rotatable bonds is 5. The highest BCUT2D eigenvalue weighted by atomic mass is 32.1. The molecule has 0 aliphatic carbocycles. The molecule has 0 amide bonds. The van der Waals surface area contributed by atoms with Gasteiger partial charge < -0.3 is 14.5 Å². The molecule has 9 heteroatoms. The molecule has 1 N–H and O–H groups in total. The predicted octanol–water partition coefficient (Wildman–Crippen LogP) is 5.74. The van der Waals surface area contributed by atoms with Crippen molar-refractivity contribution in [1.29, 1.82) is 0 Å². The second kappa shape index (κ2) is 9.16. The second-order valence-corrected chi connectivity index (χ2v) is 9.85. The van der Waals surface area contributed by atoms with E-state index in [0.29, 0.717) is 33.8 Å². The van der Waals surface area contributed by atoms with Crippen molar-refractivity contribution in [2.45, 2.75) is 33.7 Å². The molecule has 5 aromatic rings. The number of pyridine rings is 2. The molecule has 1 atom stereocenters. The summed E-state index contributed by atoms with van der Waals surface area (Å²) in [6, 6.07) is 12.2. The summed E-state index contributed by atoms with van der Waals surface area (Å²) in [5.74, 6) is -0.152. The Hall–Kier alpha value is -4.11. The molecule has 8 nitrogen and oxygen atoms in total. The molecule has 0 saturated heterocycles. The topological polar surface area (TPSA) is 107 Å². The van der Waals surface area contributed by atoms with Crippen LogP contribution >= 0.6 is 11.3 Å². The van der Waals surface area contributed by atoms with Crippen LogP contribution in [0.4, 0.5) is 5.69 Å². The molecular weight excluding hydrogens is 476 g/mol. The molecule has 0 saturated carbocycles. The number of benzene rings is 1. The number of nitrogens with one attached hydrogen (secondary N) is 1. The van der Waals surface area contributed by atoms with Gasteiger partial charge in [-0.25, -0.2) is 19.7 Å². The Balaban J connectivity index is 1.62. The van der Waals surface area contributed by atoms with E-state index in [2.05, 4.69) is 20.3 Å². The van der Waals surface area contributed by atoms with Gasteiger partial charge in [-0.2, -0.15) is 0 Å². The molecule has 0 aliphatic rings. The van der Waals surface area contributed by atoms with Gasteiger partial charge in [0.05, 0.1) is 29.2 Å². The summed E-state index contributed by atoms with van der Waals surface area (Å²) in [4.78, 5) is 39.7. The van der Waals surface area contributed by atoms with E-state index in [4.69, 9.17) is 9.15 Å². The first-order chi connectivity index (χ1) is 17.2. The van der Waals surface area contributed by atoms with Crippen molar-refractivity contribution in [1.82, 2.24) is 15.0 Å². The highest BCUT2D eigenvalue weighted by Crippen LogP contribution is 2.32. The molecular formula is C27H24N4O4S. The van der Waals surface area contributed by atoms with Gasteiger partial charge in [0.1, 0.15) is 21.6 Å². The summed E-state index contributed by atoms with van der Waals surface area (Å²) >= 11 is 1.49. The number of hydrogen-bond donors (Lipinski definition) is 1. The number of hydrogen-bond acceptors (Lipinski definition) is 9. The number of esters is 1. The normalized spacial score (nSPS) is 12.1. The number of methoxy groups -OCH3 is 1. The highest BCUT2D eigenvalue weighted by molar-refractivity contribution is 7.18. The Kier molecular flexibility index (Phi) is 6.01. The first kappa shape index (κ1) is 23.6. The predicted molar refractivity (Wildman–Crippen MR) is 141 cm³/mol. The first-order valence-corrected chi connectivity index (χ1v) is 12.2. The molecule has 182 valence electrons. The number of carbonyl (C=O) groups excluding carboxylic acids is 1. The van der Waals surface area contributed by atoms with Crippen LogP contribution in [0, 0.1) is 20.8 Å². The molecule has 0 spiro atoms. The van der Waals surface area contributed by atoms with E-state index in [0.717, 1.165) is 26.5 Å². The fourth-order valence-corrected chi connectivity index (χ4v) is 4.97. The standard InChI is InChI=1S/C27H24N4O4S/c1-13-10-17(15(3)29-20-7-6-14(2)28-24(20)27(33)34-5)25-18(11-13)22(32)12-23(35-25)19-8-9-21-26(31-19)36-16(4)30-21/h6-12,15,29H,1-5H3/t15-/m1/s1. The molecule has 5 rings (SSSR count). The summed E-state index contributed by atoms with van der Waals surface area (Å²) in [7, 11) is 1.32. The van der Waals surface area contributed by atoms with E-state index >= 15 is 0 Å². The molecule has 36 heavy (non-hydrogen) atoms. The number of fused-ring (bicyclic) bond motifs is 2. The lowest BCUT2D eigenvalue weighted by Crippen LogP contribution is -2.15. The third kappa shape index (κ3) is 4.33. The van der Waals surface area contributed by atoms with Crippen molar-refractivity contribution in [3.63, 3.8) is 0 Å². The van der Waals surface area contributed by atoms with E-state index < -0.39 is 5.97 Å². The van der Waals surface area contributed by atoms with Crippen LogP contribution < -0.4 is 10.7 Å². The number of anilines is 1. The molecule has 0 fully saturated rings. The zero-order valence-electron chi connectivity index (χ0n) is 20.5. The minimum Gasteiger partial charge on any atom is -0.464 e. The highest BCUT2D eigenvalue weighted by Gasteiger charge is 2.20. The maximum absolute atomic E-state index is 13.2. The number of aromatic nitrogens is 3. The van der Waals surface area contributed by atoms with Crippen LogP contribution in [0.3, 0.4) is 0 Å². The van der Waals surface area contributed by atoms with E-state index in [-0.39, 0.29) is 17.2 Å². The second-order valence-electron chi connectivity index (χ2n) is 8.67. The Morgan fingerprint density at radius 1 is 1.06 bits per heavy atom. The SMILES string of the molecule is COC(=O)c1nc(C)ccc1N[C@H](C)c1cc(C)cc2c(=O)cc(-c3ccc4nc(C)sc4n3)oc12. The van der Waals surface area contributed by atoms with Crippen molar-refractivity contribution in [2.24, 2.45) is 0 Å². The van der Waals surface area contributed by atoms with E-state index in [1.165, 1.54) is 24.5 Å². The maximum Gasteiger partial charge on any atom is 0.358 e. The summed E-state index contributed by atoms with van der Waals surface area (Å²) in [6.45, 7) is 7.60. The largest absolute Gasteiger partial charge is 0.464 e. The molecule has 4 aromatic heterocycles. The van der Waals surface area contributed by atoms with E-state index in [1.54, 1.807) is 6.07 Å². The maximum atomic E-state index is 13.2. The first-order valence-electron chi connectivity index (χ1n) is 11.4. The fraction of sp³-hybridized carbons (Fsp3) is 0.222. The zero-order chi connectivity index (χ0) is 25.6. The van der Waals surface area contributed by atoms with E-state index in [9.17, 15) is 9.59 Å². The quantitative estimate of drug-likeness (QED) is 0.304. The lowest BCUT2D eigenvalue weighted by molar-refractivity contribution is 0.0595. The number of ether oxygens (including phenoxy) is 1. The molecule has 0 bridgehead atoms. The third-order valence-corrected chi connectivity index (χ3v) is 6.75. The molecule has 0 radical (unpaired) electrons. The van der Waals surface area contributed by atoms with Gasteiger partial charge in [-0.15, -0.1) is 0 Å². The Labute approximate surface area is 211 Å². The molecule has 1 aromatic carbocycles. The van der Waals surface area contributed by atoms with Gasteiger partial charge in [-0.1, -0.05) is 17.4 Å². The summed E-state index contributed by atoms with van der Waals surface area (Å²) in [6.07, 6.45) is 0. The Morgan fingerprint density at radius 2 is 1.86 bits per heavy atom. The van der Waals surface area contributed by atoms with Crippen LogP contribution in [0.2, 0.25) is 0 Å².